The molecule has 22 heteroatoms. The number of halogens is 3. The van der Waals surface area contributed by atoms with E-state index >= 15 is 0 Å². The molecule has 7 N–H and O–H groups in total. The average molecular weight is 1300 g/mol. The van der Waals surface area contributed by atoms with Crippen LogP contribution in [-0.4, -0.2) is 127 Å². The quantitative estimate of drug-likeness (QED) is 0.0375. The minimum absolute atomic E-state index is 0. The number of allylic oxidation sites excluding steroid dienone is 4. The molecule has 0 aromatic carbocycles. The number of rotatable bonds is 2. The zero-order valence-electron chi connectivity index (χ0n) is 65.3. The maximum absolute atomic E-state index is 11.2. The van der Waals surface area contributed by atoms with Crippen LogP contribution in [0.3, 0.4) is 0 Å². The van der Waals surface area contributed by atoms with E-state index in [1.54, 1.807) is 34.8 Å². The molecule has 0 aromatic rings. The number of terminal acetylenes is 2. The van der Waals surface area contributed by atoms with Gasteiger partial charge in [-0.2, -0.15) is 8.78 Å². The summed E-state index contributed by atoms with van der Waals surface area (Å²) in [5, 5.41) is 47.0. The molecular weight excluding hydrogens is 1140 g/mol. The van der Waals surface area contributed by atoms with Gasteiger partial charge in [0.05, 0.1) is 28.5 Å². The summed E-state index contributed by atoms with van der Waals surface area (Å²) in [4.78, 5) is 37.0. The van der Waals surface area contributed by atoms with Gasteiger partial charge < -0.3 is 59.5 Å². The summed E-state index contributed by atoms with van der Waals surface area (Å²) in [5.74, 6) is 8.45. The van der Waals surface area contributed by atoms with E-state index in [2.05, 4.69) is 89.0 Å². The minimum Gasteiger partial charge on any atom is -0.870 e. The number of hydrogen-bond acceptors (Lipinski definition) is 15. The number of aliphatic carboxylic acids is 1. The van der Waals surface area contributed by atoms with Crippen molar-refractivity contribution in [3.8, 4) is 36.5 Å². The van der Waals surface area contributed by atoms with Crippen LogP contribution in [0.4, 0.5) is 13.2 Å². The molecule has 0 aliphatic rings. The predicted molar refractivity (Wildman–Crippen MR) is 383 cm³/mol. The number of esters is 2. The van der Waals surface area contributed by atoms with Crippen molar-refractivity contribution in [2.24, 2.45) is 0 Å². The average Bonchev–Trinajstić information content (AvgIpc) is 3.49. The van der Waals surface area contributed by atoms with Gasteiger partial charge in [0, 0.05) is 41.7 Å². The normalized spacial score (nSPS) is 6.21. The number of thiocarbonyl (C=S) groups is 1. The van der Waals surface area contributed by atoms with Crippen LogP contribution in [0.1, 0.15) is 275 Å². The summed E-state index contributed by atoms with van der Waals surface area (Å²) >= 11 is 4.47. The summed E-state index contributed by atoms with van der Waals surface area (Å²) < 4.78 is 48.3. The van der Waals surface area contributed by atoms with Crippen LogP contribution in [0, 0.1) is 36.5 Å². The topological polar surface area (TPSA) is 257 Å². The molecule has 0 atom stereocenters. The number of aldehydes is 1. The van der Waals surface area contributed by atoms with Gasteiger partial charge in [-0.05, 0) is 95.1 Å². The molecule has 15 nitrogen and oxygen atoms in total. The number of ether oxygens (including phenoxy) is 4. The van der Waals surface area contributed by atoms with Gasteiger partial charge in [-0.15, -0.1) is 30.6 Å². The molecule has 0 aliphatic carbocycles. The molecular formula is C64H152B2F3NaO15S. The molecule has 0 heterocycles. The van der Waals surface area contributed by atoms with Crippen molar-refractivity contribution in [2.45, 2.75) is 301 Å². The Hall–Kier alpha value is -3.23. The van der Waals surface area contributed by atoms with Gasteiger partial charge >= 0.3 is 61.8 Å². The molecule has 0 amide bonds. The Bertz CT molecular complexity index is 1000. The fraction of sp³-hybridized carbons (Fsp3) is 0.766. The summed E-state index contributed by atoms with van der Waals surface area (Å²) in [6.45, 7) is 71.3. The predicted octanol–water partition coefficient (Wildman–Crippen LogP) is 16.2. The van der Waals surface area contributed by atoms with Gasteiger partial charge in [-0.3, -0.25) is 18.8 Å². The third-order valence-electron chi connectivity index (χ3n) is 2.99. The summed E-state index contributed by atoms with van der Waals surface area (Å²) in [5.41, 5.74) is -0.931. The van der Waals surface area contributed by atoms with E-state index in [-0.39, 0.29) is 47.0 Å². The molecule has 0 aromatic heterocycles. The molecule has 532 valence electrons. The van der Waals surface area contributed by atoms with Gasteiger partial charge in [0.15, 0.2) is 5.05 Å². The maximum Gasteiger partial charge on any atom is 1.00 e. The number of hydrogen-bond donors (Lipinski definition) is 6. The third kappa shape index (κ3) is 3150. The van der Waals surface area contributed by atoms with Crippen molar-refractivity contribution >= 4 is 55.7 Å². The molecule has 0 unspecified atom stereocenters. The zero-order chi connectivity index (χ0) is 75.8. The first-order valence-electron chi connectivity index (χ1n) is 28.9. The van der Waals surface area contributed by atoms with Crippen LogP contribution in [0.25, 0.3) is 0 Å². The van der Waals surface area contributed by atoms with Crippen molar-refractivity contribution in [1.29, 1.82) is 0 Å². The number of unbranched alkanes of at least 4 members (excludes halogenated alkanes) is 1. The number of carboxylic acid groups (broad SMARTS) is 1. The fourth-order valence-corrected chi connectivity index (χ4v) is 0. The SMILES string of the molecule is C#CC.C#CC(C)(C)O.CB(O)O.CB(O)O.CC.CC.CC.CC.CC.CC.CC.CC.CC.CC#CC.CC(=O)O.CC=CC.CC=CC.CC=O.CCC.CCCC.CF.COC(C)(F)F.COC(C)=O.COC(C)=O.COC(C)=S.[Na+].[OH-]. The van der Waals surface area contributed by atoms with E-state index in [1.807, 2.05) is 190 Å². The maximum atomic E-state index is 11.2. The third-order valence-corrected chi connectivity index (χ3v) is 3.16. The second kappa shape index (κ2) is 292. The fourth-order valence-electron chi connectivity index (χ4n) is 0. The van der Waals surface area contributed by atoms with Gasteiger partial charge in [0.1, 0.15) is 11.9 Å². The van der Waals surface area contributed by atoms with Crippen LogP contribution in [-0.2, 0) is 38.1 Å². The van der Waals surface area contributed by atoms with Crippen LogP contribution < -0.4 is 29.6 Å². The Morgan fingerprint density at radius 1 is 0.547 bits per heavy atom. The van der Waals surface area contributed by atoms with Gasteiger partial charge in [-0.1, -0.05) is 202 Å². The minimum atomic E-state index is -2.96. The molecule has 0 saturated heterocycles. The Labute approximate surface area is 566 Å². The number of aliphatic hydroxyl groups is 1. The monoisotopic (exact) mass is 1300 g/mol. The van der Waals surface area contributed by atoms with Crippen LogP contribution in [0.15, 0.2) is 24.3 Å². The first-order chi connectivity index (χ1) is 39.0. The summed E-state index contributed by atoms with van der Waals surface area (Å²) in [6, 6.07) is 0. The number of carboxylic acids is 1. The van der Waals surface area contributed by atoms with Crippen molar-refractivity contribution < 1.29 is 117 Å². The standard InChI is InChI=1S/C5H8O.C4H10.2C4H8.C4H6.C3H6F2O.2C3H6O2.C3H6OS.C3H8.C3H4.C2H4O2.C2H4O.9C2H6.2CH5BO2.CH3F.Na.H2O/c1-4-5(2,3)6;4*1-3-4-2;1-3(4,5)6-2;2*1-3(4)5-2;1-3(5)4-2;2*1-3-2;1-2(3)4;1-2-3;9*1-2;2*1-2(3)4;1-2;;/h1,6H,2-3H3;3-4H2,1-2H3;2*3-4H,1-2H3;1-2H3;1-2H3;3*1-2H3;3H2,1-2H3;1H,2H3;1H3,(H,3,4);2H,1H3;9*1-2H3;2*3-4H,1H3;1H3;;1H2/q;;;;;;;;;;;;;;;;;;;;;;;;;+1;/p-1. The van der Waals surface area contributed by atoms with Crippen LogP contribution in [0.2, 0.25) is 13.6 Å². The Morgan fingerprint density at radius 3 is 0.628 bits per heavy atom. The smallest absolute Gasteiger partial charge is 0.870 e. The second-order valence-corrected chi connectivity index (χ2v) is 11.2. The summed E-state index contributed by atoms with van der Waals surface area (Å²) in [6.07, 6.45) is 19.1. The molecule has 0 aliphatic heterocycles. The van der Waals surface area contributed by atoms with Crippen molar-refractivity contribution in [3.63, 3.8) is 0 Å². The van der Waals surface area contributed by atoms with Gasteiger partial charge in [0.25, 0.3) is 5.97 Å². The molecule has 0 bridgehead atoms. The Kier molecular flexibility index (Phi) is 603. The zero-order valence-corrected chi connectivity index (χ0v) is 68.1. The van der Waals surface area contributed by atoms with Gasteiger partial charge in [0.2, 0.25) is 0 Å². The first kappa shape index (κ1) is 178. The van der Waals surface area contributed by atoms with Crippen molar-refractivity contribution in [2.75, 3.05) is 35.6 Å². The Morgan fingerprint density at radius 2 is 0.628 bits per heavy atom. The molecule has 0 saturated carbocycles. The number of methoxy groups -OCH3 is 4. The van der Waals surface area contributed by atoms with Crippen molar-refractivity contribution in [3.05, 3.63) is 24.3 Å². The summed E-state index contributed by atoms with van der Waals surface area (Å²) in [7, 11) is 3.38. The largest absolute Gasteiger partial charge is 1.00 e. The first-order valence-corrected chi connectivity index (χ1v) is 29.3. The van der Waals surface area contributed by atoms with Gasteiger partial charge in [-0.25, -0.2) is 0 Å². The van der Waals surface area contributed by atoms with E-state index in [4.69, 9.17) is 46.3 Å². The number of alkyl halides is 3. The number of carbonyl (C=O) groups is 4. The van der Waals surface area contributed by atoms with E-state index in [1.165, 1.54) is 67.9 Å². The van der Waals surface area contributed by atoms with E-state index < -0.39 is 31.9 Å². The Balaban J connectivity index is -0.0000000170. The van der Waals surface area contributed by atoms with E-state index in [0.717, 1.165) is 20.3 Å². The second-order valence-electron chi connectivity index (χ2n) is 10.6. The number of carbonyl (C=O) groups excluding carboxylic acids is 3. The van der Waals surface area contributed by atoms with E-state index in [0.29, 0.717) is 19.2 Å². The molecule has 0 spiro atoms. The molecule has 0 fully saturated rings. The van der Waals surface area contributed by atoms with Crippen LogP contribution >= 0.6 is 12.2 Å². The van der Waals surface area contributed by atoms with Crippen molar-refractivity contribution in [1.82, 2.24) is 0 Å². The van der Waals surface area contributed by atoms with Crippen LogP contribution in [0.5, 0.6) is 0 Å². The molecule has 86 heavy (non-hydrogen) atoms. The molecule has 0 rings (SSSR count). The van der Waals surface area contributed by atoms with E-state index in [9.17, 15) is 22.8 Å². The molecule has 0 radical (unpaired) electrons.